The summed E-state index contributed by atoms with van der Waals surface area (Å²) in [5.74, 6) is 0.934. The summed E-state index contributed by atoms with van der Waals surface area (Å²) in [6.07, 6.45) is 5.67. The second-order valence-corrected chi connectivity index (χ2v) is 5.74. The number of hydrogen-bond donors (Lipinski definition) is 1. The van der Waals surface area contributed by atoms with Crippen molar-refractivity contribution in [3.63, 3.8) is 0 Å². The molecule has 0 atom stereocenters. The number of hydrogen-bond acceptors (Lipinski definition) is 3. The fourth-order valence-electron chi connectivity index (χ4n) is 1.68. The Morgan fingerprint density at radius 2 is 2.17 bits per heavy atom. The Kier molecular flexibility index (Phi) is 3.57. The van der Waals surface area contributed by atoms with Crippen molar-refractivity contribution >= 4 is 0 Å². The molecule has 2 aromatic rings. The molecular formula is C14H21N3O. The van der Waals surface area contributed by atoms with Crippen LogP contribution in [-0.2, 0) is 13.1 Å². The van der Waals surface area contributed by atoms with Crippen molar-refractivity contribution in [1.82, 2.24) is 15.1 Å². The van der Waals surface area contributed by atoms with Gasteiger partial charge >= 0.3 is 0 Å². The molecule has 18 heavy (non-hydrogen) atoms. The number of rotatable bonds is 4. The summed E-state index contributed by atoms with van der Waals surface area (Å²) in [5, 5.41) is 7.68. The third-order valence-corrected chi connectivity index (χ3v) is 2.61. The first kappa shape index (κ1) is 12.9. The molecule has 2 aromatic heterocycles. The molecule has 1 N–H and O–H groups in total. The smallest absolute Gasteiger partial charge is 0.125 e. The minimum atomic E-state index is 0.122. The van der Waals surface area contributed by atoms with E-state index < -0.39 is 0 Å². The minimum absolute atomic E-state index is 0.122. The number of aryl methyl sites for hydroxylation is 1. The highest BCUT2D eigenvalue weighted by atomic mass is 16.3. The van der Waals surface area contributed by atoms with Gasteiger partial charge in [-0.25, -0.2) is 0 Å². The van der Waals surface area contributed by atoms with Gasteiger partial charge in [0.25, 0.3) is 0 Å². The van der Waals surface area contributed by atoms with Crippen molar-refractivity contribution in [3.05, 3.63) is 41.6 Å². The number of aromatic nitrogens is 2. The van der Waals surface area contributed by atoms with Gasteiger partial charge in [-0.3, -0.25) is 4.68 Å². The predicted molar refractivity (Wildman–Crippen MR) is 71.4 cm³/mol. The highest BCUT2D eigenvalue weighted by molar-refractivity contribution is 5.13. The molecule has 0 amide bonds. The van der Waals surface area contributed by atoms with Crippen molar-refractivity contribution in [2.45, 2.75) is 46.3 Å². The van der Waals surface area contributed by atoms with Crippen LogP contribution in [0.3, 0.4) is 0 Å². The zero-order valence-corrected chi connectivity index (χ0v) is 11.5. The molecule has 0 saturated carbocycles. The van der Waals surface area contributed by atoms with E-state index in [1.165, 1.54) is 5.56 Å². The van der Waals surface area contributed by atoms with Crippen molar-refractivity contribution in [3.8, 4) is 0 Å². The average molecular weight is 247 g/mol. The SMILES string of the molecule is Cc1cnn(Cc2cc(CNC(C)(C)C)co2)c1. The van der Waals surface area contributed by atoms with E-state index in [9.17, 15) is 0 Å². The molecule has 0 saturated heterocycles. The van der Waals surface area contributed by atoms with Crippen molar-refractivity contribution in [1.29, 1.82) is 0 Å². The predicted octanol–water partition coefficient (Wildman–Crippen LogP) is 2.72. The molecule has 4 nitrogen and oxygen atoms in total. The van der Waals surface area contributed by atoms with Gasteiger partial charge in [-0.2, -0.15) is 5.10 Å². The lowest BCUT2D eigenvalue weighted by atomic mass is 10.1. The third kappa shape index (κ3) is 3.74. The van der Waals surface area contributed by atoms with Gasteiger partial charge in [-0.15, -0.1) is 0 Å². The molecule has 0 radical (unpaired) electrons. The van der Waals surface area contributed by atoms with Gasteiger partial charge in [-0.05, 0) is 39.3 Å². The monoisotopic (exact) mass is 247 g/mol. The molecule has 0 fully saturated rings. The van der Waals surface area contributed by atoms with E-state index >= 15 is 0 Å². The van der Waals surface area contributed by atoms with Crippen LogP contribution in [0.25, 0.3) is 0 Å². The third-order valence-electron chi connectivity index (χ3n) is 2.61. The van der Waals surface area contributed by atoms with Crippen molar-refractivity contribution in [2.24, 2.45) is 0 Å². The lowest BCUT2D eigenvalue weighted by Crippen LogP contribution is -2.34. The maximum Gasteiger partial charge on any atom is 0.125 e. The van der Waals surface area contributed by atoms with Crippen LogP contribution in [0.1, 0.15) is 37.7 Å². The molecule has 2 heterocycles. The molecule has 2 rings (SSSR count). The maximum atomic E-state index is 5.54. The fourth-order valence-corrected chi connectivity index (χ4v) is 1.68. The van der Waals surface area contributed by atoms with Gasteiger partial charge in [0.1, 0.15) is 5.76 Å². The van der Waals surface area contributed by atoms with Gasteiger partial charge in [0, 0.05) is 23.8 Å². The first-order valence-corrected chi connectivity index (χ1v) is 6.23. The largest absolute Gasteiger partial charge is 0.467 e. The van der Waals surface area contributed by atoms with E-state index in [4.69, 9.17) is 4.42 Å². The van der Waals surface area contributed by atoms with Crippen LogP contribution in [0, 0.1) is 6.92 Å². The molecular weight excluding hydrogens is 226 g/mol. The van der Waals surface area contributed by atoms with E-state index in [-0.39, 0.29) is 5.54 Å². The first-order valence-electron chi connectivity index (χ1n) is 6.23. The Morgan fingerprint density at radius 1 is 1.39 bits per heavy atom. The summed E-state index contributed by atoms with van der Waals surface area (Å²) >= 11 is 0. The second-order valence-electron chi connectivity index (χ2n) is 5.74. The molecule has 4 heteroatoms. The van der Waals surface area contributed by atoms with E-state index in [0.717, 1.165) is 17.9 Å². The summed E-state index contributed by atoms with van der Waals surface area (Å²) in [6.45, 7) is 10.0. The fraction of sp³-hybridized carbons (Fsp3) is 0.500. The van der Waals surface area contributed by atoms with E-state index in [0.29, 0.717) is 6.54 Å². The summed E-state index contributed by atoms with van der Waals surface area (Å²) in [6, 6.07) is 2.08. The topological polar surface area (TPSA) is 43.0 Å². The zero-order chi connectivity index (χ0) is 13.2. The van der Waals surface area contributed by atoms with Crippen LogP contribution in [0.5, 0.6) is 0 Å². The van der Waals surface area contributed by atoms with E-state index in [2.05, 4.69) is 37.3 Å². The van der Waals surface area contributed by atoms with Crippen LogP contribution in [-0.4, -0.2) is 15.3 Å². The lowest BCUT2D eigenvalue weighted by molar-refractivity contribution is 0.422. The molecule has 0 bridgehead atoms. The minimum Gasteiger partial charge on any atom is -0.467 e. The summed E-state index contributed by atoms with van der Waals surface area (Å²) < 4.78 is 7.43. The molecule has 98 valence electrons. The Balaban J connectivity index is 1.94. The quantitative estimate of drug-likeness (QED) is 0.903. The standard InChI is InChI=1S/C14H21N3O/c1-11-6-16-17(8-11)9-13-5-12(10-18-13)7-15-14(2,3)4/h5-6,8,10,15H,7,9H2,1-4H3. The number of nitrogens with one attached hydrogen (secondary N) is 1. The molecule has 0 aromatic carbocycles. The van der Waals surface area contributed by atoms with E-state index in [1.54, 1.807) is 0 Å². The number of furan rings is 1. The van der Waals surface area contributed by atoms with Crippen LogP contribution >= 0.6 is 0 Å². The summed E-state index contributed by atoms with van der Waals surface area (Å²) in [7, 11) is 0. The molecule has 0 aliphatic rings. The Bertz CT molecular complexity index is 505. The van der Waals surface area contributed by atoms with Gasteiger partial charge in [0.15, 0.2) is 0 Å². The first-order chi connectivity index (χ1) is 8.42. The molecule has 0 spiro atoms. The average Bonchev–Trinajstić information content (AvgIpc) is 2.85. The normalized spacial score (nSPS) is 12.0. The second kappa shape index (κ2) is 4.98. The van der Waals surface area contributed by atoms with Gasteiger partial charge in [0.2, 0.25) is 0 Å². The van der Waals surface area contributed by atoms with Gasteiger partial charge < -0.3 is 9.73 Å². The summed E-state index contributed by atoms with van der Waals surface area (Å²) in [4.78, 5) is 0. The molecule has 0 aliphatic carbocycles. The molecule has 0 aliphatic heterocycles. The Morgan fingerprint density at radius 3 is 2.78 bits per heavy atom. The van der Waals surface area contributed by atoms with Crippen LogP contribution in [0.15, 0.2) is 29.1 Å². The van der Waals surface area contributed by atoms with Crippen LogP contribution < -0.4 is 5.32 Å². The number of nitrogens with zero attached hydrogens (tertiary/aromatic N) is 2. The van der Waals surface area contributed by atoms with Gasteiger partial charge in [0.05, 0.1) is 19.0 Å². The van der Waals surface area contributed by atoms with Crippen molar-refractivity contribution in [2.75, 3.05) is 0 Å². The van der Waals surface area contributed by atoms with Crippen LogP contribution in [0.2, 0.25) is 0 Å². The highest BCUT2D eigenvalue weighted by Gasteiger charge is 2.10. The summed E-state index contributed by atoms with van der Waals surface area (Å²) in [5.41, 5.74) is 2.45. The van der Waals surface area contributed by atoms with Gasteiger partial charge in [-0.1, -0.05) is 0 Å². The lowest BCUT2D eigenvalue weighted by Gasteiger charge is -2.19. The van der Waals surface area contributed by atoms with Crippen molar-refractivity contribution < 1.29 is 4.42 Å². The molecule has 0 unspecified atom stereocenters. The van der Waals surface area contributed by atoms with Crippen LogP contribution in [0.4, 0.5) is 0 Å². The Hall–Kier alpha value is -1.55. The highest BCUT2D eigenvalue weighted by Crippen LogP contribution is 2.11. The maximum absolute atomic E-state index is 5.54. The van der Waals surface area contributed by atoms with E-state index in [1.807, 2.05) is 30.3 Å². The Labute approximate surface area is 108 Å². The zero-order valence-electron chi connectivity index (χ0n) is 11.5.